The number of ketones is 1. The van der Waals surface area contributed by atoms with Gasteiger partial charge >= 0.3 is 5.97 Å². The van der Waals surface area contributed by atoms with Crippen LogP contribution in [0.2, 0.25) is 0 Å². The number of hydrogen-bond acceptors (Lipinski definition) is 6. The molecule has 0 N–H and O–H groups in total. The second-order valence-electron chi connectivity index (χ2n) is 10.8. The van der Waals surface area contributed by atoms with Crippen LogP contribution in [0.1, 0.15) is 55.7 Å². The maximum absolute atomic E-state index is 13.4. The van der Waals surface area contributed by atoms with Crippen molar-refractivity contribution in [3.05, 3.63) is 77.9 Å². The third-order valence-electron chi connectivity index (χ3n) is 8.47. The first-order valence-electron chi connectivity index (χ1n) is 13.7. The van der Waals surface area contributed by atoms with Crippen LogP contribution in [0.4, 0.5) is 0 Å². The number of carbonyl (C=O) groups excluding carboxylic acids is 3. The summed E-state index contributed by atoms with van der Waals surface area (Å²) in [6, 6.07) is 21.6. The number of hydrogen-bond donors (Lipinski definition) is 0. The van der Waals surface area contributed by atoms with Crippen LogP contribution in [0.25, 0.3) is 10.8 Å². The zero-order valence-corrected chi connectivity index (χ0v) is 22.0. The van der Waals surface area contributed by atoms with Crippen molar-refractivity contribution in [2.75, 3.05) is 13.7 Å². The molecule has 1 amide bonds. The van der Waals surface area contributed by atoms with Gasteiger partial charge in [-0.15, -0.1) is 0 Å². The Morgan fingerprint density at radius 3 is 2.38 bits per heavy atom. The topological polar surface area (TPSA) is 85.3 Å². The number of benzene rings is 3. The Morgan fingerprint density at radius 1 is 0.949 bits per heavy atom. The highest BCUT2D eigenvalue weighted by Gasteiger charge is 2.42. The van der Waals surface area contributed by atoms with Crippen molar-refractivity contribution in [3.63, 3.8) is 0 Å². The van der Waals surface area contributed by atoms with Crippen molar-refractivity contribution in [2.24, 2.45) is 22.9 Å². The van der Waals surface area contributed by atoms with Crippen LogP contribution in [0.15, 0.2) is 71.8 Å². The molecule has 3 atom stereocenters. The molecule has 2 aliphatic carbocycles. The summed E-state index contributed by atoms with van der Waals surface area (Å²) in [5.41, 5.74) is 2.69. The van der Waals surface area contributed by atoms with Crippen molar-refractivity contribution in [1.82, 2.24) is 5.01 Å². The number of fused-ring (bicyclic) bond motifs is 3. The lowest BCUT2D eigenvalue weighted by atomic mass is 9.67. The maximum atomic E-state index is 13.4. The van der Waals surface area contributed by atoms with Crippen LogP contribution in [0, 0.1) is 17.8 Å². The minimum atomic E-state index is -0.383. The molecule has 1 aliphatic heterocycles. The summed E-state index contributed by atoms with van der Waals surface area (Å²) in [7, 11) is 1.62. The number of Topliss-reactive ketones (excluding diaryl/α,β-unsaturated/α-hetero) is 1. The Balaban J connectivity index is 1.20. The van der Waals surface area contributed by atoms with Gasteiger partial charge in [-0.1, -0.05) is 55.0 Å². The number of ether oxygens (including phenoxy) is 2. The van der Waals surface area contributed by atoms with Gasteiger partial charge in [0, 0.05) is 18.3 Å². The van der Waals surface area contributed by atoms with Gasteiger partial charge in [0.15, 0.2) is 6.61 Å². The molecule has 0 saturated heterocycles. The van der Waals surface area contributed by atoms with Gasteiger partial charge in [-0.2, -0.15) is 5.10 Å². The van der Waals surface area contributed by atoms with E-state index in [0.29, 0.717) is 25.0 Å². The number of esters is 1. The van der Waals surface area contributed by atoms with Gasteiger partial charge in [-0.3, -0.25) is 14.4 Å². The Bertz CT molecular complexity index is 1430. The predicted molar refractivity (Wildman–Crippen MR) is 147 cm³/mol. The Labute approximate surface area is 227 Å². The Kier molecular flexibility index (Phi) is 6.90. The van der Waals surface area contributed by atoms with Crippen LogP contribution in [-0.4, -0.2) is 42.1 Å². The fraction of sp³-hybridized carbons (Fsp3) is 0.375. The molecule has 6 rings (SSSR count). The zero-order valence-electron chi connectivity index (χ0n) is 22.0. The number of nitrogens with zero attached hydrogens (tertiary/aromatic N) is 2. The van der Waals surface area contributed by atoms with Gasteiger partial charge in [0.05, 0.1) is 24.8 Å². The molecular formula is C32H32N2O5. The van der Waals surface area contributed by atoms with E-state index in [9.17, 15) is 14.4 Å². The fourth-order valence-electron chi connectivity index (χ4n) is 6.36. The Hall–Kier alpha value is -4.00. The molecule has 200 valence electrons. The molecule has 2 bridgehead atoms. The monoisotopic (exact) mass is 524 g/mol. The number of methoxy groups -OCH3 is 1. The van der Waals surface area contributed by atoms with E-state index in [2.05, 4.69) is 24.3 Å². The molecule has 7 nitrogen and oxygen atoms in total. The minimum Gasteiger partial charge on any atom is -0.497 e. The third-order valence-corrected chi connectivity index (χ3v) is 8.47. The Morgan fingerprint density at radius 2 is 1.67 bits per heavy atom. The fourth-order valence-corrected chi connectivity index (χ4v) is 6.36. The van der Waals surface area contributed by atoms with Gasteiger partial charge in [-0.25, -0.2) is 5.01 Å². The van der Waals surface area contributed by atoms with E-state index in [0.717, 1.165) is 52.6 Å². The molecule has 2 saturated carbocycles. The van der Waals surface area contributed by atoms with Crippen LogP contribution in [0.5, 0.6) is 5.75 Å². The molecule has 0 spiro atoms. The van der Waals surface area contributed by atoms with E-state index in [1.165, 1.54) is 5.01 Å². The van der Waals surface area contributed by atoms with Crippen LogP contribution in [0.3, 0.4) is 0 Å². The molecule has 0 aromatic heterocycles. The summed E-state index contributed by atoms with van der Waals surface area (Å²) < 4.78 is 10.9. The predicted octanol–water partition coefficient (Wildman–Crippen LogP) is 5.46. The standard InChI is InChI=1S/C32H32N2O5/c1-38-27-13-11-21(12-14-27)29-18-28(23-10-9-20-5-2-3-6-22(20)15-23)33-34(29)30(35)19-39-32(37)26-16-24-7-4-8-25(17-26)31(24)36/h2-3,5-6,9-15,24-26,29H,4,7-8,16-19H2,1H3/t24-,25-,29+/m0/s1. The summed E-state index contributed by atoms with van der Waals surface area (Å²) in [4.78, 5) is 38.8. The van der Waals surface area contributed by atoms with Gasteiger partial charge in [0.25, 0.3) is 5.91 Å². The number of carbonyl (C=O) groups is 3. The second-order valence-corrected chi connectivity index (χ2v) is 10.8. The average molecular weight is 525 g/mol. The molecule has 3 aromatic rings. The number of rotatable bonds is 6. The molecular weight excluding hydrogens is 492 g/mol. The smallest absolute Gasteiger partial charge is 0.309 e. The first kappa shape index (κ1) is 25.3. The van der Waals surface area contributed by atoms with E-state index >= 15 is 0 Å². The summed E-state index contributed by atoms with van der Waals surface area (Å²) in [6.45, 7) is -0.375. The van der Waals surface area contributed by atoms with Gasteiger partial charge in [0.2, 0.25) is 0 Å². The lowest BCUT2D eigenvalue weighted by Crippen LogP contribution is -2.40. The highest BCUT2D eigenvalue weighted by molar-refractivity contribution is 6.05. The molecule has 3 aliphatic rings. The lowest BCUT2D eigenvalue weighted by molar-refractivity contribution is -0.159. The summed E-state index contributed by atoms with van der Waals surface area (Å²) in [6.07, 6.45) is 4.35. The molecule has 0 unspecified atom stereocenters. The summed E-state index contributed by atoms with van der Waals surface area (Å²) in [5, 5.41) is 8.45. The van der Waals surface area contributed by atoms with Crippen LogP contribution >= 0.6 is 0 Å². The minimum absolute atomic E-state index is 0.0436. The lowest BCUT2D eigenvalue weighted by Gasteiger charge is -2.36. The van der Waals surface area contributed by atoms with E-state index in [1.54, 1.807) is 7.11 Å². The molecule has 39 heavy (non-hydrogen) atoms. The first-order chi connectivity index (χ1) is 19.0. The molecule has 2 fully saturated rings. The van der Waals surface area contributed by atoms with Crippen molar-refractivity contribution in [3.8, 4) is 5.75 Å². The van der Waals surface area contributed by atoms with Crippen molar-refractivity contribution < 1.29 is 23.9 Å². The highest BCUT2D eigenvalue weighted by Crippen LogP contribution is 2.40. The highest BCUT2D eigenvalue weighted by atomic mass is 16.5. The maximum Gasteiger partial charge on any atom is 0.309 e. The quantitative estimate of drug-likeness (QED) is 0.400. The normalized spacial score (nSPS) is 24.4. The van der Waals surface area contributed by atoms with E-state index in [-0.39, 0.29) is 42.3 Å². The first-order valence-corrected chi connectivity index (χ1v) is 13.7. The van der Waals surface area contributed by atoms with Gasteiger partial charge in [-0.05, 0) is 65.8 Å². The van der Waals surface area contributed by atoms with Gasteiger partial charge in [0.1, 0.15) is 11.5 Å². The third kappa shape index (κ3) is 5.05. The largest absolute Gasteiger partial charge is 0.497 e. The summed E-state index contributed by atoms with van der Waals surface area (Å²) >= 11 is 0. The van der Waals surface area contributed by atoms with E-state index < -0.39 is 0 Å². The van der Waals surface area contributed by atoms with Crippen LogP contribution < -0.4 is 4.74 Å². The van der Waals surface area contributed by atoms with Crippen LogP contribution in [-0.2, 0) is 19.1 Å². The zero-order chi connectivity index (χ0) is 26.9. The second kappa shape index (κ2) is 10.6. The van der Waals surface area contributed by atoms with E-state index in [4.69, 9.17) is 14.6 Å². The number of hydrazone groups is 1. The number of amides is 1. The van der Waals surface area contributed by atoms with Crippen molar-refractivity contribution in [2.45, 2.75) is 44.6 Å². The average Bonchev–Trinajstić information content (AvgIpc) is 3.41. The SMILES string of the molecule is COc1ccc([C@H]2CC(c3ccc4ccccc4c3)=NN2C(=O)COC(=O)C2C[C@@H]3CCC[C@@H](C2)C3=O)cc1. The van der Waals surface area contributed by atoms with Gasteiger partial charge < -0.3 is 9.47 Å². The van der Waals surface area contributed by atoms with E-state index in [1.807, 2.05) is 42.5 Å². The van der Waals surface area contributed by atoms with Crippen molar-refractivity contribution in [1.29, 1.82) is 0 Å². The molecule has 1 heterocycles. The summed E-state index contributed by atoms with van der Waals surface area (Å²) in [5.74, 6) is -0.126. The molecule has 7 heteroatoms. The molecule has 0 radical (unpaired) electrons. The molecule has 3 aromatic carbocycles. The van der Waals surface area contributed by atoms with Crippen molar-refractivity contribution >= 4 is 34.1 Å².